The van der Waals surface area contributed by atoms with Crippen LogP contribution in [0.25, 0.3) is 23.0 Å². The van der Waals surface area contributed by atoms with Gasteiger partial charge in [-0.2, -0.15) is 9.40 Å². The van der Waals surface area contributed by atoms with Crippen LogP contribution in [0.3, 0.4) is 0 Å². The fourth-order valence-electron chi connectivity index (χ4n) is 3.19. The molecular formula is C17H18FN5O3S. The van der Waals surface area contributed by atoms with E-state index in [9.17, 15) is 12.8 Å². The Balaban J connectivity index is 1.71. The van der Waals surface area contributed by atoms with Crippen LogP contribution in [0.15, 0.2) is 28.7 Å². The number of hydrogen-bond acceptors (Lipinski definition) is 6. The van der Waals surface area contributed by atoms with Gasteiger partial charge in [-0.1, -0.05) is 0 Å². The van der Waals surface area contributed by atoms with Gasteiger partial charge in [-0.25, -0.2) is 12.8 Å². The Morgan fingerprint density at radius 2 is 1.89 bits per heavy atom. The lowest BCUT2D eigenvalue weighted by Gasteiger charge is -2.26. The van der Waals surface area contributed by atoms with Crippen LogP contribution < -0.4 is 0 Å². The molecule has 0 saturated heterocycles. The highest BCUT2D eigenvalue weighted by molar-refractivity contribution is 7.89. The Morgan fingerprint density at radius 1 is 1.19 bits per heavy atom. The van der Waals surface area contributed by atoms with Crippen molar-refractivity contribution in [2.45, 2.75) is 19.9 Å². The van der Waals surface area contributed by atoms with E-state index in [1.54, 1.807) is 23.7 Å². The van der Waals surface area contributed by atoms with Crippen molar-refractivity contribution in [1.29, 1.82) is 0 Å². The third-order valence-electron chi connectivity index (χ3n) is 4.68. The molecule has 1 aliphatic rings. The fraction of sp³-hybridized carbons (Fsp3) is 0.353. The first-order chi connectivity index (χ1) is 12.9. The van der Waals surface area contributed by atoms with Gasteiger partial charge in [-0.3, -0.25) is 4.68 Å². The van der Waals surface area contributed by atoms with Gasteiger partial charge in [0.2, 0.25) is 15.9 Å². The standard InChI is InChI=1S/C17H18FN5O3S/c1-3-27(24,25)23-9-8-14-13(10-23)15(21-22(14)2)17-20-19-16(26-17)11-4-6-12(18)7-5-11/h4-7H,3,8-10H2,1-2H3. The second kappa shape index (κ2) is 6.54. The van der Waals surface area contributed by atoms with E-state index in [0.29, 0.717) is 24.2 Å². The summed E-state index contributed by atoms with van der Waals surface area (Å²) in [7, 11) is -1.49. The van der Waals surface area contributed by atoms with Crippen LogP contribution in [-0.2, 0) is 30.0 Å². The first-order valence-corrected chi connectivity index (χ1v) is 10.1. The Hall–Kier alpha value is -2.59. The van der Waals surface area contributed by atoms with Gasteiger partial charge in [0.25, 0.3) is 5.89 Å². The Labute approximate surface area is 155 Å². The van der Waals surface area contributed by atoms with E-state index in [1.807, 2.05) is 7.05 Å². The molecule has 1 aliphatic heterocycles. The normalized spacial score (nSPS) is 15.1. The number of benzene rings is 1. The molecule has 142 valence electrons. The van der Waals surface area contributed by atoms with Crippen LogP contribution in [-0.4, -0.2) is 45.0 Å². The number of aryl methyl sites for hydroxylation is 1. The van der Waals surface area contributed by atoms with Crippen LogP contribution in [0, 0.1) is 5.82 Å². The van der Waals surface area contributed by atoms with Gasteiger partial charge >= 0.3 is 0 Å². The van der Waals surface area contributed by atoms with Crippen molar-refractivity contribution in [3.8, 4) is 23.0 Å². The molecule has 8 nitrogen and oxygen atoms in total. The summed E-state index contributed by atoms with van der Waals surface area (Å²) < 4.78 is 46.5. The smallest absolute Gasteiger partial charge is 0.268 e. The highest BCUT2D eigenvalue weighted by Crippen LogP contribution is 2.31. The molecule has 0 amide bonds. The average molecular weight is 391 g/mol. The molecule has 4 rings (SSSR count). The minimum absolute atomic E-state index is 0.0488. The summed E-state index contributed by atoms with van der Waals surface area (Å²) in [5.74, 6) is 0.155. The molecule has 0 atom stereocenters. The zero-order valence-electron chi connectivity index (χ0n) is 14.9. The first kappa shape index (κ1) is 17.8. The number of fused-ring (bicyclic) bond motifs is 1. The zero-order chi connectivity index (χ0) is 19.2. The molecule has 0 fully saturated rings. The van der Waals surface area contributed by atoms with Crippen molar-refractivity contribution in [2.24, 2.45) is 7.05 Å². The van der Waals surface area contributed by atoms with Gasteiger partial charge in [-0.05, 0) is 31.2 Å². The quantitative estimate of drug-likeness (QED) is 0.675. The lowest BCUT2D eigenvalue weighted by atomic mass is 10.1. The van der Waals surface area contributed by atoms with Gasteiger partial charge in [0.15, 0.2) is 5.69 Å². The summed E-state index contributed by atoms with van der Waals surface area (Å²) in [4.78, 5) is 0. The summed E-state index contributed by atoms with van der Waals surface area (Å²) >= 11 is 0. The number of hydrogen-bond donors (Lipinski definition) is 0. The minimum Gasteiger partial charge on any atom is -0.415 e. The molecule has 2 aromatic heterocycles. The second-order valence-corrected chi connectivity index (χ2v) is 8.56. The van der Waals surface area contributed by atoms with Crippen molar-refractivity contribution in [1.82, 2.24) is 24.3 Å². The lowest BCUT2D eigenvalue weighted by molar-refractivity contribution is 0.386. The van der Waals surface area contributed by atoms with Crippen molar-refractivity contribution in [3.05, 3.63) is 41.3 Å². The molecule has 0 spiro atoms. The number of rotatable bonds is 4. The average Bonchev–Trinajstić information content (AvgIpc) is 3.27. The molecule has 3 aromatic rings. The number of halogens is 1. The van der Waals surface area contributed by atoms with Crippen molar-refractivity contribution < 1.29 is 17.2 Å². The highest BCUT2D eigenvalue weighted by atomic mass is 32.2. The van der Waals surface area contributed by atoms with Gasteiger partial charge in [-0.15, -0.1) is 10.2 Å². The maximum atomic E-state index is 13.1. The summed E-state index contributed by atoms with van der Waals surface area (Å²) in [5, 5.41) is 12.5. The van der Waals surface area contributed by atoms with Crippen LogP contribution in [0.5, 0.6) is 0 Å². The SMILES string of the molecule is CCS(=O)(=O)N1CCc2c(c(-c3nnc(-c4ccc(F)cc4)o3)nn2C)C1. The van der Waals surface area contributed by atoms with Crippen molar-refractivity contribution in [2.75, 3.05) is 12.3 Å². The molecule has 10 heteroatoms. The van der Waals surface area contributed by atoms with E-state index in [2.05, 4.69) is 15.3 Å². The predicted octanol–water partition coefficient (Wildman–Crippen LogP) is 1.98. The summed E-state index contributed by atoms with van der Waals surface area (Å²) in [5.41, 5.74) is 2.80. The zero-order valence-corrected chi connectivity index (χ0v) is 15.7. The van der Waals surface area contributed by atoms with Crippen molar-refractivity contribution >= 4 is 10.0 Å². The van der Waals surface area contributed by atoms with Gasteiger partial charge in [0, 0.05) is 43.4 Å². The topological polar surface area (TPSA) is 94.1 Å². The summed E-state index contributed by atoms with van der Waals surface area (Å²) in [6.07, 6.45) is 0.566. The monoisotopic (exact) mass is 391 g/mol. The van der Waals surface area contributed by atoms with Gasteiger partial charge in [0.05, 0.1) is 5.75 Å². The van der Waals surface area contributed by atoms with E-state index in [1.165, 1.54) is 16.4 Å². The number of nitrogens with zero attached hydrogens (tertiary/aromatic N) is 5. The van der Waals surface area contributed by atoms with Crippen molar-refractivity contribution in [3.63, 3.8) is 0 Å². The Morgan fingerprint density at radius 3 is 2.59 bits per heavy atom. The predicted molar refractivity (Wildman–Crippen MR) is 95.5 cm³/mol. The summed E-state index contributed by atoms with van der Waals surface area (Å²) in [6.45, 7) is 2.28. The third kappa shape index (κ3) is 3.15. The maximum absolute atomic E-state index is 13.1. The Kier molecular flexibility index (Phi) is 4.31. The van der Waals surface area contributed by atoms with E-state index in [4.69, 9.17) is 4.42 Å². The largest absolute Gasteiger partial charge is 0.415 e. The molecule has 0 saturated carbocycles. The van der Waals surface area contributed by atoms with E-state index >= 15 is 0 Å². The van der Waals surface area contributed by atoms with E-state index < -0.39 is 10.0 Å². The van der Waals surface area contributed by atoms with Gasteiger partial charge < -0.3 is 4.42 Å². The first-order valence-electron chi connectivity index (χ1n) is 8.51. The van der Waals surface area contributed by atoms with Gasteiger partial charge in [0.1, 0.15) is 5.82 Å². The third-order valence-corrected chi connectivity index (χ3v) is 6.51. The molecule has 1 aromatic carbocycles. The summed E-state index contributed by atoms with van der Waals surface area (Å²) in [6, 6.07) is 5.73. The molecule has 3 heterocycles. The van der Waals surface area contributed by atoms with Crippen LogP contribution in [0.4, 0.5) is 4.39 Å². The highest BCUT2D eigenvalue weighted by Gasteiger charge is 2.31. The molecule has 0 radical (unpaired) electrons. The Bertz CT molecular complexity index is 1090. The molecule has 27 heavy (non-hydrogen) atoms. The molecule has 0 bridgehead atoms. The van der Waals surface area contributed by atoms with Crippen LogP contribution in [0.2, 0.25) is 0 Å². The molecule has 0 N–H and O–H groups in total. The van der Waals surface area contributed by atoms with Crippen LogP contribution >= 0.6 is 0 Å². The maximum Gasteiger partial charge on any atom is 0.268 e. The second-order valence-electron chi connectivity index (χ2n) is 6.30. The van der Waals surface area contributed by atoms with E-state index in [-0.39, 0.29) is 29.9 Å². The minimum atomic E-state index is -3.30. The van der Waals surface area contributed by atoms with E-state index in [0.717, 1.165) is 11.3 Å². The van der Waals surface area contributed by atoms with Crippen LogP contribution in [0.1, 0.15) is 18.2 Å². The lowest BCUT2D eigenvalue weighted by Crippen LogP contribution is -2.37. The number of aromatic nitrogens is 4. The molecule has 0 aliphatic carbocycles. The fourth-order valence-corrected chi connectivity index (χ4v) is 4.25. The molecule has 0 unspecified atom stereocenters. The molecular weight excluding hydrogens is 373 g/mol. The number of sulfonamides is 1.